The van der Waals surface area contributed by atoms with Crippen LogP contribution in [0.2, 0.25) is 0 Å². The van der Waals surface area contributed by atoms with E-state index >= 15 is 0 Å². The number of halogens is 3. The van der Waals surface area contributed by atoms with Gasteiger partial charge in [0.2, 0.25) is 0 Å². The first-order chi connectivity index (χ1) is 14.5. The summed E-state index contributed by atoms with van der Waals surface area (Å²) in [5.74, 6) is -2.68. The molecule has 2 atom stereocenters. The van der Waals surface area contributed by atoms with Gasteiger partial charge < -0.3 is 5.32 Å². The standard InChI is InChI=1S/C23H23F3N2O3/c1-12-9-13(2)18(14(3)10-12)19-17(29)11-15(20(19)30)6-8-28-22(31)16-5-4-7-27-21(16)23(24,25)26/h4-5,7,9-10,15,19H,6,8,11H2,1-3H3,(H,28,31). The number of ketones is 2. The van der Waals surface area contributed by atoms with Crippen molar-refractivity contribution in [1.29, 1.82) is 0 Å². The molecule has 1 aliphatic carbocycles. The Morgan fingerprint density at radius 1 is 1.16 bits per heavy atom. The molecule has 5 nitrogen and oxygen atoms in total. The molecule has 2 aromatic rings. The van der Waals surface area contributed by atoms with Gasteiger partial charge in [0, 0.05) is 25.1 Å². The highest BCUT2D eigenvalue weighted by Crippen LogP contribution is 2.37. The lowest BCUT2D eigenvalue weighted by Crippen LogP contribution is -2.29. The number of aromatic nitrogens is 1. The summed E-state index contributed by atoms with van der Waals surface area (Å²) in [6.07, 6.45) is -3.54. The minimum Gasteiger partial charge on any atom is -0.352 e. The lowest BCUT2D eigenvalue weighted by atomic mass is 9.86. The van der Waals surface area contributed by atoms with Gasteiger partial charge in [-0.25, -0.2) is 0 Å². The number of Topliss-reactive ketones (excluding diaryl/α,β-unsaturated/α-hetero) is 2. The van der Waals surface area contributed by atoms with Crippen molar-refractivity contribution in [3.8, 4) is 0 Å². The van der Waals surface area contributed by atoms with E-state index in [1.165, 1.54) is 6.07 Å². The first-order valence-corrected chi connectivity index (χ1v) is 9.95. The minimum atomic E-state index is -4.75. The van der Waals surface area contributed by atoms with Gasteiger partial charge in [0.25, 0.3) is 5.91 Å². The molecule has 164 valence electrons. The van der Waals surface area contributed by atoms with E-state index in [0.717, 1.165) is 34.5 Å². The highest BCUT2D eigenvalue weighted by Gasteiger charge is 2.43. The van der Waals surface area contributed by atoms with Crippen molar-refractivity contribution in [3.05, 3.63) is 64.0 Å². The summed E-state index contributed by atoms with van der Waals surface area (Å²) >= 11 is 0. The molecule has 8 heteroatoms. The highest BCUT2D eigenvalue weighted by atomic mass is 19.4. The third-order valence-electron chi connectivity index (χ3n) is 5.58. The van der Waals surface area contributed by atoms with Gasteiger partial charge in [-0.2, -0.15) is 13.2 Å². The van der Waals surface area contributed by atoms with Crippen LogP contribution >= 0.6 is 0 Å². The van der Waals surface area contributed by atoms with Crippen molar-refractivity contribution in [2.24, 2.45) is 5.92 Å². The average Bonchev–Trinajstić information content (AvgIpc) is 2.94. The van der Waals surface area contributed by atoms with Gasteiger partial charge in [-0.3, -0.25) is 19.4 Å². The van der Waals surface area contributed by atoms with Crippen LogP contribution in [0.15, 0.2) is 30.5 Å². The molecule has 1 saturated carbocycles. The number of aryl methyl sites for hydroxylation is 3. The highest BCUT2D eigenvalue weighted by molar-refractivity contribution is 6.15. The summed E-state index contributed by atoms with van der Waals surface area (Å²) in [4.78, 5) is 41.1. The van der Waals surface area contributed by atoms with Crippen LogP contribution in [0.4, 0.5) is 13.2 Å². The number of hydrogen-bond donors (Lipinski definition) is 1. The molecule has 1 aliphatic rings. The van der Waals surface area contributed by atoms with Crippen molar-refractivity contribution in [2.45, 2.75) is 45.7 Å². The van der Waals surface area contributed by atoms with E-state index in [2.05, 4.69) is 10.3 Å². The van der Waals surface area contributed by atoms with Crippen LogP contribution in [0.5, 0.6) is 0 Å². The van der Waals surface area contributed by atoms with Gasteiger partial charge in [-0.05, 0) is 56.0 Å². The van der Waals surface area contributed by atoms with E-state index in [0.29, 0.717) is 0 Å². The zero-order valence-electron chi connectivity index (χ0n) is 17.5. The maximum atomic E-state index is 13.0. The van der Waals surface area contributed by atoms with Crippen LogP contribution < -0.4 is 5.32 Å². The van der Waals surface area contributed by atoms with Gasteiger partial charge in [0.1, 0.15) is 11.7 Å². The Bertz CT molecular complexity index is 1020. The Kier molecular flexibility index (Phi) is 6.29. The molecule has 1 fully saturated rings. The minimum absolute atomic E-state index is 0.0205. The molecule has 0 spiro atoms. The number of hydrogen-bond acceptors (Lipinski definition) is 4. The lowest BCUT2D eigenvalue weighted by Gasteiger charge is -2.16. The summed E-state index contributed by atoms with van der Waals surface area (Å²) in [5.41, 5.74) is 1.71. The molecule has 1 aromatic heterocycles. The Morgan fingerprint density at radius 2 is 1.81 bits per heavy atom. The zero-order chi connectivity index (χ0) is 22.9. The first-order valence-electron chi connectivity index (χ1n) is 9.95. The van der Waals surface area contributed by atoms with Crippen molar-refractivity contribution < 1.29 is 27.6 Å². The van der Waals surface area contributed by atoms with E-state index in [1.807, 2.05) is 32.9 Å². The maximum absolute atomic E-state index is 13.0. The van der Waals surface area contributed by atoms with Gasteiger partial charge in [-0.15, -0.1) is 0 Å². The Hall–Kier alpha value is -3.03. The van der Waals surface area contributed by atoms with Gasteiger partial charge in [0.05, 0.1) is 5.56 Å². The van der Waals surface area contributed by atoms with Crippen molar-refractivity contribution in [3.63, 3.8) is 0 Å². The monoisotopic (exact) mass is 432 g/mol. The molecule has 31 heavy (non-hydrogen) atoms. The molecule has 0 aliphatic heterocycles. The van der Waals surface area contributed by atoms with E-state index in [9.17, 15) is 27.6 Å². The number of nitrogens with zero attached hydrogens (tertiary/aromatic N) is 1. The lowest BCUT2D eigenvalue weighted by molar-refractivity contribution is -0.141. The second-order valence-electron chi connectivity index (χ2n) is 7.96. The summed E-state index contributed by atoms with van der Waals surface area (Å²) in [6, 6.07) is 6.17. The molecule has 0 saturated heterocycles. The molecule has 2 unspecified atom stereocenters. The SMILES string of the molecule is Cc1cc(C)c(C2C(=O)CC(CCNC(=O)c3cccnc3C(F)(F)F)C2=O)c(C)c1. The Balaban J connectivity index is 1.68. The molecule has 0 bridgehead atoms. The molecule has 1 aromatic carbocycles. The number of amides is 1. The van der Waals surface area contributed by atoms with Crippen LogP contribution in [0.3, 0.4) is 0 Å². The predicted octanol–water partition coefficient (Wildman–Crippen LogP) is 4.09. The summed E-state index contributed by atoms with van der Waals surface area (Å²) < 4.78 is 39.1. The van der Waals surface area contributed by atoms with Crippen LogP contribution in [0.1, 0.15) is 57.1 Å². The summed E-state index contributed by atoms with van der Waals surface area (Å²) in [5, 5.41) is 2.42. The number of pyridine rings is 1. The van der Waals surface area contributed by atoms with Crippen LogP contribution in [0.25, 0.3) is 0 Å². The number of carbonyl (C=O) groups excluding carboxylic acids is 3. The molecular formula is C23H23F3N2O3. The molecule has 3 rings (SSSR count). The van der Waals surface area contributed by atoms with Crippen molar-refractivity contribution in [1.82, 2.24) is 10.3 Å². The smallest absolute Gasteiger partial charge is 0.352 e. The second-order valence-corrected chi connectivity index (χ2v) is 7.96. The van der Waals surface area contributed by atoms with Crippen molar-refractivity contribution in [2.75, 3.05) is 6.54 Å². The molecular weight excluding hydrogens is 409 g/mol. The van der Waals surface area contributed by atoms with Crippen LogP contribution in [0, 0.1) is 26.7 Å². The summed E-state index contributed by atoms with van der Waals surface area (Å²) in [6.45, 7) is 5.67. The first kappa shape index (κ1) is 22.7. The van der Waals surface area contributed by atoms with Gasteiger partial charge in [-0.1, -0.05) is 17.7 Å². The number of alkyl halides is 3. The van der Waals surface area contributed by atoms with E-state index in [1.54, 1.807) is 0 Å². The number of carbonyl (C=O) groups is 3. The topological polar surface area (TPSA) is 76.1 Å². The Morgan fingerprint density at radius 3 is 2.42 bits per heavy atom. The largest absolute Gasteiger partial charge is 0.434 e. The second kappa shape index (κ2) is 8.61. The molecule has 1 heterocycles. The number of benzene rings is 1. The molecule has 1 amide bonds. The predicted molar refractivity (Wildman–Crippen MR) is 108 cm³/mol. The van der Waals surface area contributed by atoms with E-state index < -0.39 is 35.2 Å². The fraction of sp³-hybridized carbons (Fsp3) is 0.391. The zero-order valence-corrected chi connectivity index (χ0v) is 17.5. The van der Waals surface area contributed by atoms with E-state index in [-0.39, 0.29) is 31.0 Å². The Labute approximate surface area is 178 Å². The number of rotatable bonds is 5. The molecule has 0 radical (unpaired) electrons. The fourth-order valence-corrected chi connectivity index (χ4v) is 4.32. The summed E-state index contributed by atoms with van der Waals surface area (Å²) in [7, 11) is 0. The van der Waals surface area contributed by atoms with E-state index in [4.69, 9.17) is 0 Å². The fourth-order valence-electron chi connectivity index (χ4n) is 4.32. The average molecular weight is 432 g/mol. The number of nitrogens with one attached hydrogen (secondary N) is 1. The van der Waals surface area contributed by atoms with Crippen LogP contribution in [-0.2, 0) is 15.8 Å². The molecule has 1 N–H and O–H groups in total. The van der Waals surface area contributed by atoms with Gasteiger partial charge in [0.15, 0.2) is 11.5 Å². The van der Waals surface area contributed by atoms with Gasteiger partial charge >= 0.3 is 6.18 Å². The van der Waals surface area contributed by atoms with Crippen LogP contribution in [-0.4, -0.2) is 29.0 Å². The maximum Gasteiger partial charge on any atom is 0.434 e. The normalized spacial score (nSPS) is 19.0. The van der Waals surface area contributed by atoms with Crippen molar-refractivity contribution >= 4 is 17.5 Å². The third kappa shape index (κ3) is 4.68. The third-order valence-corrected chi connectivity index (χ3v) is 5.58. The quantitative estimate of drug-likeness (QED) is 0.723.